The summed E-state index contributed by atoms with van der Waals surface area (Å²) in [5.74, 6) is -1.08. The number of nitrogens with one attached hydrogen (secondary N) is 3. The van der Waals surface area contributed by atoms with Gasteiger partial charge in [-0.1, -0.05) is 15.9 Å². The zero-order valence-electron chi connectivity index (χ0n) is 17.6. The average Bonchev–Trinajstić information content (AvgIpc) is 3.58. The first-order valence-electron chi connectivity index (χ1n) is 9.86. The van der Waals surface area contributed by atoms with Crippen molar-refractivity contribution in [2.75, 3.05) is 19.0 Å². The fraction of sp³-hybridized carbons (Fsp3) is 0.273. The van der Waals surface area contributed by atoms with E-state index in [1.807, 2.05) is 19.1 Å². The summed E-state index contributed by atoms with van der Waals surface area (Å²) in [7, 11) is 1.47. The molecule has 0 spiro atoms. The van der Waals surface area contributed by atoms with Crippen LogP contribution in [0.2, 0.25) is 0 Å². The minimum Gasteiger partial charge on any atom is -0.493 e. The predicted molar refractivity (Wildman–Crippen MR) is 123 cm³/mol. The Labute approximate surface area is 193 Å². The summed E-state index contributed by atoms with van der Waals surface area (Å²) in [5, 5.41) is 9.16. The van der Waals surface area contributed by atoms with Crippen molar-refractivity contribution in [3.63, 3.8) is 0 Å². The first kappa shape index (κ1) is 23.3. The zero-order valence-corrected chi connectivity index (χ0v) is 19.2. The number of hydrazone groups is 1. The SMILES string of the molecule is COc1cc(/C=N\NC(=O)C(=O)NC2CC2)ccc1OCC(=O)Nc1ccc(Br)cc1C. The molecule has 0 heterocycles. The Morgan fingerprint density at radius 3 is 2.59 bits per heavy atom. The van der Waals surface area contributed by atoms with Crippen LogP contribution >= 0.6 is 15.9 Å². The molecule has 168 valence electrons. The maximum atomic E-state index is 12.2. The maximum Gasteiger partial charge on any atom is 0.329 e. The minimum absolute atomic E-state index is 0.0926. The van der Waals surface area contributed by atoms with E-state index in [9.17, 15) is 14.4 Å². The van der Waals surface area contributed by atoms with Gasteiger partial charge in [-0.25, -0.2) is 5.43 Å². The van der Waals surface area contributed by atoms with Crippen LogP contribution < -0.4 is 25.5 Å². The number of carbonyl (C=O) groups is 3. The van der Waals surface area contributed by atoms with Gasteiger partial charge in [0, 0.05) is 16.2 Å². The molecule has 3 amide bonds. The van der Waals surface area contributed by atoms with Gasteiger partial charge in [-0.15, -0.1) is 0 Å². The zero-order chi connectivity index (χ0) is 23.1. The van der Waals surface area contributed by atoms with Gasteiger partial charge in [0.25, 0.3) is 5.91 Å². The number of carbonyl (C=O) groups excluding carboxylic acids is 3. The number of hydrogen-bond acceptors (Lipinski definition) is 6. The predicted octanol–water partition coefficient (Wildman–Crippen LogP) is 2.51. The molecule has 1 saturated carbocycles. The van der Waals surface area contributed by atoms with Gasteiger partial charge in [0.2, 0.25) is 0 Å². The molecule has 2 aromatic rings. The van der Waals surface area contributed by atoms with Crippen molar-refractivity contribution in [3.8, 4) is 11.5 Å². The van der Waals surface area contributed by atoms with E-state index in [1.54, 1.807) is 24.3 Å². The van der Waals surface area contributed by atoms with E-state index in [0.29, 0.717) is 22.7 Å². The van der Waals surface area contributed by atoms with E-state index in [-0.39, 0.29) is 18.6 Å². The van der Waals surface area contributed by atoms with E-state index < -0.39 is 11.8 Å². The molecule has 0 unspecified atom stereocenters. The topological polar surface area (TPSA) is 118 Å². The van der Waals surface area contributed by atoms with Crippen molar-refractivity contribution >= 4 is 45.6 Å². The lowest BCUT2D eigenvalue weighted by Crippen LogP contribution is -2.38. The highest BCUT2D eigenvalue weighted by Gasteiger charge is 2.26. The van der Waals surface area contributed by atoms with Crippen LogP contribution in [0.5, 0.6) is 11.5 Å². The number of ether oxygens (including phenoxy) is 2. The molecule has 9 nitrogen and oxygen atoms in total. The smallest absolute Gasteiger partial charge is 0.329 e. The lowest BCUT2D eigenvalue weighted by atomic mass is 10.2. The molecule has 0 aliphatic heterocycles. The molecular weight excluding hydrogens is 480 g/mol. The molecule has 1 aliphatic carbocycles. The number of halogens is 1. The first-order chi connectivity index (χ1) is 15.4. The third kappa shape index (κ3) is 6.81. The molecule has 0 bridgehead atoms. The van der Waals surface area contributed by atoms with E-state index in [4.69, 9.17) is 9.47 Å². The minimum atomic E-state index is -0.827. The van der Waals surface area contributed by atoms with Crippen LogP contribution in [-0.4, -0.2) is 43.7 Å². The number of anilines is 1. The summed E-state index contributed by atoms with van der Waals surface area (Å²) in [4.78, 5) is 35.5. The lowest BCUT2D eigenvalue weighted by molar-refractivity contribution is -0.139. The van der Waals surface area contributed by atoms with Crippen LogP contribution in [0.4, 0.5) is 5.69 Å². The average molecular weight is 503 g/mol. The molecule has 10 heteroatoms. The summed E-state index contributed by atoms with van der Waals surface area (Å²) in [6.07, 6.45) is 3.15. The summed E-state index contributed by atoms with van der Waals surface area (Å²) < 4.78 is 11.8. The normalized spacial score (nSPS) is 12.8. The molecule has 0 aromatic heterocycles. The molecule has 0 saturated heterocycles. The molecule has 32 heavy (non-hydrogen) atoms. The van der Waals surface area contributed by atoms with E-state index in [1.165, 1.54) is 13.3 Å². The second-order valence-electron chi connectivity index (χ2n) is 7.15. The molecule has 1 aliphatic rings. The molecule has 3 N–H and O–H groups in total. The summed E-state index contributed by atoms with van der Waals surface area (Å²) in [6.45, 7) is 1.69. The number of hydrogen-bond donors (Lipinski definition) is 3. The molecular formula is C22H23BrN4O5. The van der Waals surface area contributed by atoms with Gasteiger partial charge in [0.15, 0.2) is 18.1 Å². The highest BCUT2D eigenvalue weighted by atomic mass is 79.9. The highest BCUT2D eigenvalue weighted by Crippen LogP contribution is 2.27. The lowest BCUT2D eigenvalue weighted by Gasteiger charge is -2.12. The van der Waals surface area contributed by atoms with Crippen LogP contribution in [0.15, 0.2) is 46.0 Å². The van der Waals surface area contributed by atoms with Gasteiger partial charge >= 0.3 is 11.8 Å². The fourth-order valence-corrected chi connectivity index (χ4v) is 3.15. The Morgan fingerprint density at radius 2 is 1.91 bits per heavy atom. The van der Waals surface area contributed by atoms with Crippen molar-refractivity contribution in [2.45, 2.75) is 25.8 Å². The third-order valence-electron chi connectivity index (χ3n) is 4.51. The molecule has 0 atom stereocenters. The van der Waals surface area contributed by atoms with Crippen LogP contribution in [0.25, 0.3) is 0 Å². The quantitative estimate of drug-likeness (QED) is 0.291. The monoisotopic (exact) mass is 502 g/mol. The number of nitrogens with zero attached hydrogens (tertiary/aromatic N) is 1. The van der Waals surface area contributed by atoms with Crippen molar-refractivity contribution in [2.24, 2.45) is 5.10 Å². The van der Waals surface area contributed by atoms with Gasteiger partial charge in [-0.2, -0.15) is 5.10 Å². The Bertz CT molecular complexity index is 1050. The third-order valence-corrected chi connectivity index (χ3v) is 5.00. The van der Waals surface area contributed by atoms with E-state index in [0.717, 1.165) is 22.9 Å². The Kier molecular flexibility index (Phi) is 7.82. The molecule has 1 fully saturated rings. The Morgan fingerprint density at radius 1 is 1.12 bits per heavy atom. The number of aryl methyl sites for hydroxylation is 1. The van der Waals surface area contributed by atoms with Gasteiger partial charge in [-0.05, 0) is 67.3 Å². The maximum absolute atomic E-state index is 12.2. The van der Waals surface area contributed by atoms with Crippen LogP contribution in [-0.2, 0) is 14.4 Å². The second-order valence-corrected chi connectivity index (χ2v) is 8.07. The molecule has 2 aromatic carbocycles. The molecule has 3 rings (SSSR count). The fourth-order valence-electron chi connectivity index (χ4n) is 2.68. The summed E-state index contributed by atoms with van der Waals surface area (Å²) in [5.41, 5.74) is 4.41. The number of amides is 3. The standard InChI is InChI=1S/C22H23BrN4O5/c1-13-9-15(23)4-7-17(13)26-20(28)12-32-18-8-3-14(10-19(18)31-2)11-24-27-22(30)21(29)25-16-5-6-16/h3-4,7-11,16H,5-6,12H2,1-2H3,(H,25,29)(H,26,28)(H,27,30)/b24-11-. The number of benzene rings is 2. The number of methoxy groups -OCH3 is 1. The first-order valence-corrected chi connectivity index (χ1v) is 10.7. The summed E-state index contributed by atoms with van der Waals surface area (Å²) >= 11 is 3.39. The van der Waals surface area contributed by atoms with Gasteiger partial charge < -0.3 is 20.1 Å². The van der Waals surface area contributed by atoms with Crippen LogP contribution in [0.1, 0.15) is 24.0 Å². The van der Waals surface area contributed by atoms with E-state index in [2.05, 4.69) is 37.1 Å². The van der Waals surface area contributed by atoms with Crippen molar-refractivity contribution in [1.29, 1.82) is 0 Å². The summed E-state index contributed by atoms with van der Waals surface area (Å²) in [6, 6.07) is 10.6. The van der Waals surface area contributed by atoms with Gasteiger partial charge in [0.05, 0.1) is 13.3 Å². The van der Waals surface area contributed by atoms with Crippen molar-refractivity contribution < 1.29 is 23.9 Å². The van der Waals surface area contributed by atoms with E-state index >= 15 is 0 Å². The van der Waals surface area contributed by atoms with Crippen LogP contribution in [0.3, 0.4) is 0 Å². The van der Waals surface area contributed by atoms with Gasteiger partial charge in [0.1, 0.15) is 0 Å². The Hall–Kier alpha value is -3.40. The molecule has 0 radical (unpaired) electrons. The Balaban J connectivity index is 1.53. The van der Waals surface area contributed by atoms with Gasteiger partial charge in [-0.3, -0.25) is 14.4 Å². The number of rotatable bonds is 8. The largest absolute Gasteiger partial charge is 0.493 e. The highest BCUT2D eigenvalue weighted by molar-refractivity contribution is 9.10. The van der Waals surface area contributed by atoms with Crippen LogP contribution in [0, 0.1) is 6.92 Å². The second kappa shape index (κ2) is 10.8. The van der Waals surface area contributed by atoms with Crippen molar-refractivity contribution in [3.05, 3.63) is 52.0 Å². The van der Waals surface area contributed by atoms with Crippen molar-refractivity contribution in [1.82, 2.24) is 10.7 Å².